The van der Waals surface area contributed by atoms with Crippen LogP contribution in [-0.2, 0) is 23.9 Å². The maximum atomic E-state index is 11.5. The largest absolute Gasteiger partial charge is 0.466 e. The van der Waals surface area contributed by atoms with Crippen molar-refractivity contribution in [3.8, 4) is 0 Å². The maximum Gasteiger partial charge on any atom is 0.331 e. The first-order valence-corrected chi connectivity index (χ1v) is 6.53. The van der Waals surface area contributed by atoms with E-state index in [1.807, 2.05) is 0 Å². The van der Waals surface area contributed by atoms with Crippen molar-refractivity contribution in [2.45, 2.75) is 0 Å². The number of esters is 2. The minimum absolute atomic E-state index is 0.234. The topological polar surface area (TPSA) is 112 Å². The number of hydrogen-bond acceptors (Lipinski definition) is 8. The Balaban J connectivity index is 2.25. The molecule has 0 aromatic carbocycles. The van der Waals surface area contributed by atoms with Crippen LogP contribution in [0.4, 0.5) is 0 Å². The van der Waals surface area contributed by atoms with Gasteiger partial charge in [-0.15, -0.1) is 11.3 Å². The second-order valence-corrected chi connectivity index (χ2v) is 4.40. The summed E-state index contributed by atoms with van der Waals surface area (Å²) in [4.78, 5) is 48.5. The zero-order valence-corrected chi connectivity index (χ0v) is 11.8. The first-order valence-electron chi connectivity index (χ1n) is 5.65. The predicted octanol–water partition coefficient (Wildman–Crippen LogP) is -0.286. The number of aromatic nitrogens is 1. The molecule has 1 aromatic heterocycles. The number of ether oxygens (including phenoxy) is 2. The molecule has 0 aliphatic carbocycles. The predicted molar refractivity (Wildman–Crippen MR) is 71.6 cm³/mol. The Morgan fingerprint density at radius 2 is 2.00 bits per heavy atom. The monoisotopic (exact) mass is 312 g/mol. The smallest absolute Gasteiger partial charge is 0.331 e. The third-order valence-electron chi connectivity index (χ3n) is 2.02. The van der Waals surface area contributed by atoms with E-state index < -0.39 is 24.5 Å². The zero-order chi connectivity index (χ0) is 15.7. The molecule has 1 amide bonds. The Morgan fingerprint density at radius 3 is 2.62 bits per heavy atom. The highest BCUT2D eigenvalue weighted by Gasteiger charge is 2.11. The van der Waals surface area contributed by atoms with Crippen LogP contribution in [0.2, 0.25) is 0 Å². The molecule has 0 fully saturated rings. The number of hydrogen-bond donors (Lipinski definition) is 1. The van der Waals surface area contributed by atoms with Crippen molar-refractivity contribution in [2.24, 2.45) is 0 Å². The van der Waals surface area contributed by atoms with E-state index in [9.17, 15) is 19.2 Å². The Kier molecular flexibility index (Phi) is 6.75. The summed E-state index contributed by atoms with van der Waals surface area (Å²) in [6.45, 7) is -0.794. The lowest BCUT2D eigenvalue weighted by molar-refractivity contribution is -0.144. The third kappa shape index (κ3) is 6.43. The van der Waals surface area contributed by atoms with Crippen molar-refractivity contribution in [1.82, 2.24) is 10.3 Å². The van der Waals surface area contributed by atoms with Gasteiger partial charge in [-0.1, -0.05) is 0 Å². The minimum atomic E-state index is -0.873. The summed E-state index contributed by atoms with van der Waals surface area (Å²) in [6, 6.07) is 0. The second kappa shape index (κ2) is 8.59. The van der Waals surface area contributed by atoms with Crippen LogP contribution in [-0.4, -0.2) is 48.9 Å². The Morgan fingerprint density at radius 1 is 1.29 bits per heavy atom. The number of thiazole rings is 1. The quantitative estimate of drug-likeness (QED) is 0.418. The number of amides is 1. The van der Waals surface area contributed by atoms with E-state index in [2.05, 4.69) is 19.8 Å². The highest BCUT2D eigenvalue weighted by Crippen LogP contribution is 2.03. The van der Waals surface area contributed by atoms with Crippen molar-refractivity contribution in [1.29, 1.82) is 0 Å². The van der Waals surface area contributed by atoms with Gasteiger partial charge in [0.2, 0.25) is 5.78 Å². The summed E-state index contributed by atoms with van der Waals surface area (Å²) >= 11 is 1.16. The van der Waals surface area contributed by atoms with Crippen LogP contribution in [0.15, 0.2) is 23.7 Å². The molecule has 0 saturated carbocycles. The first-order chi connectivity index (χ1) is 10.0. The molecule has 112 valence electrons. The number of methoxy groups -OCH3 is 1. The lowest BCUT2D eigenvalue weighted by Crippen LogP contribution is -2.33. The molecular formula is C12H12N2O6S. The SMILES string of the molecule is COC(=O)/C=C/C(=O)OCC(=O)NCC(=O)c1nccs1. The standard InChI is InChI=1S/C12H12N2O6S/c1-19-10(17)2-3-11(18)20-7-9(16)14-6-8(15)12-13-4-5-21-12/h2-5H,6-7H2,1H3,(H,14,16)/b3-2+. The lowest BCUT2D eigenvalue weighted by Gasteiger charge is -2.03. The lowest BCUT2D eigenvalue weighted by atomic mass is 10.4. The number of nitrogens with zero attached hydrogens (tertiary/aromatic N) is 1. The van der Waals surface area contributed by atoms with Crippen LogP contribution >= 0.6 is 11.3 Å². The van der Waals surface area contributed by atoms with Gasteiger partial charge in [0.25, 0.3) is 5.91 Å². The van der Waals surface area contributed by atoms with Gasteiger partial charge in [0, 0.05) is 23.7 Å². The normalized spacial score (nSPS) is 10.1. The van der Waals surface area contributed by atoms with Crippen LogP contribution in [0.3, 0.4) is 0 Å². The van der Waals surface area contributed by atoms with E-state index in [1.54, 1.807) is 5.38 Å². The van der Waals surface area contributed by atoms with Gasteiger partial charge in [0.15, 0.2) is 11.6 Å². The fraction of sp³-hybridized carbons (Fsp3) is 0.250. The number of carbonyl (C=O) groups is 4. The van der Waals surface area contributed by atoms with E-state index in [1.165, 1.54) is 6.20 Å². The second-order valence-electron chi connectivity index (χ2n) is 3.50. The van der Waals surface area contributed by atoms with Gasteiger partial charge < -0.3 is 14.8 Å². The molecule has 9 heteroatoms. The average Bonchev–Trinajstić information content (AvgIpc) is 3.02. The summed E-state index contributed by atoms with van der Waals surface area (Å²) in [5.74, 6) is -2.57. The molecule has 0 aliphatic rings. The molecule has 0 unspecified atom stereocenters. The van der Waals surface area contributed by atoms with E-state index in [0.717, 1.165) is 30.6 Å². The molecule has 0 saturated heterocycles. The Bertz CT molecular complexity index is 552. The summed E-state index contributed by atoms with van der Waals surface area (Å²) in [6.07, 6.45) is 3.18. The van der Waals surface area contributed by atoms with Gasteiger partial charge in [-0.05, 0) is 0 Å². The molecule has 1 N–H and O–H groups in total. The molecule has 21 heavy (non-hydrogen) atoms. The summed E-state index contributed by atoms with van der Waals surface area (Å²) in [5.41, 5.74) is 0. The molecule has 0 bridgehead atoms. The van der Waals surface area contributed by atoms with E-state index >= 15 is 0 Å². The van der Waals surface area contributed by atoms with E-state index in [0.29, 0.717) is 0 Å². The summed E-state index contributed by atoms with van der Waals surface area (Å²) in [7, 11) is 1.16. The average molecular weight is 312 g/mol. The Hall–Kier alpha value is -2.55. The number of Topliss-reactive ketones (excluding diaryl/α,β-unsaturated/α-hetero) is 1. The zero-order valence-electron chi connectivity index (χ0n) is 11.0. The number of nitrogens with one attached hydrogen (secondary N) is 1. The van der Waals surface area contributed by atoms with E-state index in [-0.39, 0.29) is 17.3 Å². The van der Waals surface area contributed by atoms with Crippen LogP contribution < -0.4 is 5.32 Å². The van der Waals surface area contributed by atoms with Crippen LogP contribution in [0.5, 0.6) is 0 Å². The highest BCUT2D eigenvalue weighted by atomic mass is 32.1. The third-order valence-corrected chi connectivity index (χ3v) is 2.83. The van der Waals surface area contributed by atoms with Gasteiger partial charge in [-0.3, -0.25) is 9.59 Å². The van der Waals surface area contributed by atoms with E-state index in [4.69, 9.17) is 0 Å². The van der Waals surface area contributed by atoms with Crippen LogP contribution in [0.1, 0.15) is 9.80 Å². The van der Waals surface area contributed by atoms with Gasteiger partial charge in [0.1, 0.15) is 0 Å². The number of carbonyl (C=O) groups excluding carboxylic acids is 4. The highest BCUT2D eigenvalue weighted by molar-refractivity contribution is 7.11. The number of rotatable bonds is 7. The van der Waals surface area contributed by atoms with Gasteiger partial charge in [-0.2, -0.15) is 0 Å². The Labute approximate surface area is 123 Å². The molecule has 8 nitrogen and oxygen atoms in total. The minimum Gasteiger partial charge on any atom is -0.466 e. The molecule has 0 radical (unpaired) electrons. The van der Waals surface area contributed by atoms with Gasteiger partial charge in [0.05, 0.1) is 13.7 Å². The molecule has 1 rings (SSSR count). The van der Waals surface area contributed by atoms with Crippen molar-refractivity contribution >= 4 is 35.0 Å². The van der Waals surface area contributed by atoms with Crippen molar-refractivity contribution in [3.63, 3.8) is 0 Å². The van der Waals surface area contributed by atoms with Gasteiger partial charge >= 0.3 is 11.9 Å². The molecule has 1 heterocycles. The number of ketones is 1. The van der Waals surface area contributed by atoms with Crippen LogP contribution in [0.25, 0.3) is 0 Å². The molecule has 1 aromatic rings. The maximum absolute atomic E-state index is 11.5. The first kappa shape index (κ1) is 16.5. The molecule has 0 spiro atoms. The van der Waals surface area contributed by atoms with Crippen molar-refractivity contribution < 1.29 is 28.7 Å². The van der Waals surface area contributed by atoms with Crippen molar-refractivity contribution in [2.75, 3.05) is 20.3 Å². The van der Waals surface area contributed by atoms with Crippen LogP contribution in [0, 0.1) is 0 Å². The van der Waals surface area contributed by atoms with Crippen molar-refractivity contribution in [3.05, 3.63) is 28.7 Å². The van der Waals surface area contributed by atoms with Gasteiger partial charge in [-0.25, -0.2) is 14.6 Å². The fourth-order valence-electron chi connectivity index (χ4n) is 1.06. The molecule has 0 atom stereocenters. The summed E-state index contributed by atoms with van der Waals surface area (Å²) < 4.78 is 8.82. The molecular weight excluding hydrogens is 300 g/mol. The summed E-state index contributed by atoms with van der Waals surface area (Å²) in [5, 5.41) is 4.22. The molecule has 0 aliphatic heterocycles. The fourth-order valence-corrected chi connectivity index (χ4v) is 1.63.